The maximum absolute atomic E-state index is 13.5. The Kier molecular flexibility index (Phi) is 11.0. The zero-order valence-electron chi connectivity index (χ0n) is 25.1. The Morgan fingerprint density at radius 2 is 1.82 bits per heavy atom. The first-order valence-corrected chi connectivity index (χ1v) is 15.7. The van der Waals surface area contributed by atoms with Gasteiger partial charge < -0.3 is 0 Å². The fourth-order valence-electron chi connectivity index (χ4n) is 10.9. The third-order valence-electron chi connectivity index (χ3n) is 13.0. The summed E-state index contributed by atoms with van der Waals surface area (Å²) in [7, 11) is 0. The lowest BCUT2D eigenvalue weighted by Gasteiger charge is -2.60. The lowest BCUT2D eigenvalue weighted by molar-refractivity contribution is -0.153. The van der Waals surface area contributed by atoms with E-state index >= 15 is 0 Å². The van der Waals surface area contributed by atoms with Crippen molar-refractivity contribution in [3.63, 3.8) is 0 Å². The summed E-state index contributed by atoms with van der Waals surface area (Å²) in [6.07, 6.45) is 20.9. The number of allylic oxidation sites excluding steroid dienone is 5. The summed E-state index contributed by atoms with van der Waals surface area (Å²) in [6, 6.07) is 0. The maximum Gasteiger partial charge on any atom is 0.162 e. The molecule has 4 fully saturated rings. The third kappa shape index (κ3) is 5.01. The van der Waals surface area contributed by atoms with Crippen molar-refractivity contribution in [2.24, 2.45) is 57.7 Å². The van der Waals surface area contributed by atoms with Crippen LogP contribution in [0, 0.1) is 57.7 Å². The Morgan fingerprint density at radius 3 is 2.44 bits per heavy atom. The van der Waals surface area contributed by atoms with Crippen LogP contribution in [0.4, 0.5) is 0 Å². The van der Waals surface area contributed by atoms with E-state index in [-0.39, 0.29) is 20.3 Å². The van der Waals surface area contributed by atoms with Gasteiger partial charge >= 0.3 is 0 Å². The van der Waals surface area contributed by atoms with Crippen molar-refractivity contribution >= 4 is 5.78 Å². The van der Waals surface area contributed by atoms with Crippen molar-refractivity contribution in [3.05, 3.63) is 49.1 Å². The number of carbonyl (C=O) groups is 1. The van der Waals surface area contributed by atoms with Crippen LogP contribution in [0.2, 0.25) is 0 Å². The van der Waals surface area contributed by atoms with E-state index in [2.05, 4.69) is 73.4 Å². The van der Waals surface area contributed by atoms with Gasteiger partial charge in [-0.2, -0.15) is 0 Å². The first-order chi connectivity index (χ1) is 17.7. The summed E-state index contributed by atoms with van der Waals surface area (Å²) in [5, 5.41) is 0. The Morgan fingerprint density at radius 1 is 1.13 bits per heavy atom. The smallest absolute Gasteiger partial charge is 0.162 e. The van der Waals surface area contributed by atoms with Gasteiger partial charge in [0.15, 0.2) is 5.78 Å². The molecule has 0 aromatic rings. The van der Waals surface area contributed by atoms with Gasteiger partial charge in [0.1, 0.15) is 0 Å². The number of ketones is 1. The summed E-state index contributed by atoms with van der Waals surface area (Å²) in [6.45, 7) is 24.7. The van der Waals surface area contributed by atoms with Gasteiger partial charge in [-0.05, 0) is 129 Å². The van der Waals surface area contributed by atoms with E-state index in [1.807, 2.05) is 6.08 Å². The maximum atomic E-state index is 13.5. The standard InChI is InChI=1S/C34H52O.C2H4.2CH4/c1-8-11-25(10-3)22(4)18-24(9-2)19-26-13-14-29-28-20-27-21-34(27)23(5)12-15-31(35)33(34,7)30(28)16-17-32(26,29)6;1-2;;/h10,12,15,23-24,26-30H,3,8-9,11,13-14,16-21H2,1-2,4-7H3;1-2H2;2*1H4/b25-22+;;;. The number of hydrogen-bond donors (Lipinski definition) is 0. The van der Waals surface area contributed by atoms with E-state index in [4.69, 9.17) is 0 Å². The van der Waals surface area contributed by atoms with Crippen molar-refractivity contribution in [2.75, 3.05) is 0 Å². The number of fused-ring (bicyclic) bond motifs is 4. The Bertz CT molecular complexity index is 938. The van der Waals surface area contributed by atoms with E-state index in [0.29, 0.717) is 28.4 Å². The minimum atomic E-state index is -0.0948. The van der Waals surface area contributed by atoms with E-state index < -0.39 is 0 Å². The van der Waals surface area contributed by atoms with Crippen LogP contribution in [0.5, 0.6) is 0 Å². The molecule has 1 heteroatoms. The quantitative estimate of drug-likeness (QED) is 0.223. The predicted molar refractivity (Wildman–Crippen MR) is 173 cm³/mol. The van der Waals surface area contributed by atoms with E-state index in [0.717, 1.165) is 29.6 Å². The molecule has 1 spiro atoms. The van der Waals surface area contributed by atoms with Gasteiger partial charge in [-0.3, -0.25) is 4.79 Å². The molecule has 0 aliphatic heterocycles. The summed E-state index contributed by atoms with van der Waals surface area (Å²) in [5.74, 6) is 5.76. The lowest BCUT2D eigenvalue weighted by atomic mass is 9.43. The van der Waals surface area contributed by atoms with Crippen molar-refractivity contribution in [2.45, 2.75) is 127 Å². The Hall–Kier alpha value is -1.37. The molecule has 1 nitrogen and oxygen atoms in total. The minimum absolute atomic E-state index is 0. The zero-order chi connectivity index (χ0) is 27.2. The van der Waals surface area contributed by atoms with Gasteiger partial charge in [-0.15, -0.1) is 13.2 Å². The van der Waals surface area contributed by atoms with Crippen LogP contribution in [0.1, 0.15) is 127 Å². The molecule has 5 aliphatic rings. The Labute approximate surface area is 244 Å². The molecule has 10 atom stereocenters. The zero-order valence-corrected chi connectivity index (χ0v) is 25.1. The van der Waals surface area contributed by atoms with Crippen molar-refractivity contribution in [1.29, 1.82) is 0 Å². The van der Waals surface area contributed by atoms with Crippen LogP contribution < -0.4 is 0 Å². The SMILES string of the molecule is C.C.C=C.C=C/C(CCC)=C(/C)CC(CC)CC1CCC2C3CC4CC45C(C)C=CC(=O)C5(C)C3CCC12C. The minimum Gasteiger partial charge on any atom is -0.294 e. The first kappa shape index (κ1) is 33.8. The topological polar surface area (TPSA) is 17.1 Å². The predicted octanol–water partition coefficient (Wildman–Crippen LogP) is 11.4. The fraction of sp³-hybridized carbons (Fsp3) is 0.763. The van der Waals surface area contributed by atoms with Gasteiger partial charge in [0, 0.05) is 5.41 Å². The molecule has 0 saturated heterocycles. The summed E-state index contributed by atoms with van der Waals surface area (Å²) >= 11 is 0. The number of carbonyl (C=O) groups excluding carboxylic acids is 1. The largest absolute Gasteiger partial charge is 0.294 e. The van der Waals surface area contributed by atoms with E-state index in [9.17, 15) is 4.79 Å². The molecular formula is C38H64O. The fourth-order valence-corrected chi connectivity index (χ4v) is 10.9. The van der Waals surface area contributed by atoms with Crippen LogP contribution in [-0.4, -0.2) is 5.78 Å². The molecule has 5 aliphatic carbocycles. The average molecular weight is 537 g/mol. The molecule has 5 rings (SSSR count). The average Bonchev–Trinajstić information content (AvgIpc) is 3.55. The molecule has 0 amide bonds. The van der Waals surface area contributed by atoms with Crippen molar-refractivity contribution in [1.82, 2.24) is 0 Å². The van der Waals surface area contributed by atoms with E-state index in [1.54, 1.807) is 5.57 Å². The number of hydrogen-bond acceptors (Lipinski definition) is 1. The Balaban J connectivity index is 0.00000130. The summed E-state index contributed by atoms with van der Waals surface area (Å²) in [5.41, 5.74) is 3.76. The molecular weight excluding hydrogens is 472 g/mol. The highest BCUT2D eigenvalue weighted by molar-refractivity contribution is 5.97. The second-order valence-electron chi connectivity index (χ2n) is 14.1. The molecule has 0 bridgehead atoms. The second kappa shape index (κ2) is 12.7. The van der Waals surface area contributed by atoms with Crippen LogP contribution in [0.3, 0.4) is 0 Å². The second-order valence-corrected chi connectivity index (χ2v) is 14.1. The van der Waals surface area contributed by atoms with Gasteiger partial charge in [0.05, 0.1) is 0 Å². The molecule has 0 N–H and O–H groups in total. The van der Waals surface area contributed by atoms with Crippen LogP contribution >= 0.6 is 0 Å². The van der Waals surface area contributed by atoms with Gasteiger partial charge in [-0.1, -0.05) is 86.6 Å². The van der Waals surface area contributed by atoms with Crippen LogP contribution in [-0.2, 0) is 4.79 Å². The normalized spacial score (nSPS) is 42.5. The highest BCUT2D eigenvalue weighted by Gasteiger charge is 2.76. The monoisotopic (exact) mass is 536 g/mol. The molecule has 10 unspecified atom stereocenters. The highest BCUT2D eigenvalue weighted by Crippen LogP contribution is 2.80. The molecule has 4 saturated carbocycles. The lowest BCUT2D eigenvalue weighted by Crippen LogP contribution is -2.58. The first-order valence-electron chi connectivity index (χ1n) is 15.7. The summed E-state index contributed by atoms with van der Waals surface area (Å²) < 4.78 is 0. The molecule has 0 aromatic heterocycles. The van der Waals surface area contributed by atoms with E-state index in [1.165, 1.54) is 76.2 Å². The molecule has 0 heterocycles. The van der Waals surface area contributed by atoms with Gasteiger partial charge in [-0.25, -0.2) is 0 Å². The molecule has 0 radical (unpaired) electrons. The third-order valence-corrected chi connectivity index (χ3v) is 13.0. The van der Waals surface area contributed by atoms with Gasteiger partial charge in [0.25, 0.3) is 0 Å². The molecule has 39 heavy (non-hydrogen) atoms. The van der Waals surface area contributed by atoms with Crippen LogP contribution in [0.15, 0.2) is 49.1 Å². The van der Waals surface area contributed by atoms with Gasteiger partial charge in [0.2, 0.25) is 0 Å². The summed E-state index contributed by atoms with van der Waals surface area (Å²) in [4.78, 5) is 13.5. The highest BCUT2D eigenvalue weighted by atomic mass is 16.1. The number of rotatable bonds is 8. The van der Waals surface area contributed by atoms with Crippen LogP contribution in [0.25, 0.3) is 0 Å². The van der Waals surface area contributed by atoms with Crippen molar-refractivity contribution < 1.29 is 4.79 Å². The van der Waals surface area contributed by atoms with Crippen molar-refractivity contribution in [3.8, 4) is 0 Å². The molecule has 222 valence electrons. The molecule has 0 aromatic carbocycles.